The maximum Gasteiger partial charge on any atom is 0.261 e. The van der Waals surface area contributed by atoms with E-state index in [0.717, 1.165) is 31.2 Å². The molecule has 0 aliphatic heterocycles. The summed E-state index contributed by atoms with van der Waals surface area (Å²) in [6.45, 7) is 3.56. The number of anilines is 1. The molecule has 1 fully saturated rings. The van der Waals surface area contributed by atoms with E-state index in [1.54, 1.807) is 24.3 Å². The van der Waals surface area contributed by atoms with Crippen LogP contribution in [0.5, 0.6) is 0 Å². The smallest absolute Gasteiger partial charge is 0.261 e. The van der Waals surface area contributed by atoms with Gasteiger partial charge in [-0.2, -0.15) is 0 Å². The Morgan fingerprint density at radius 3 is 2.51 bits per heavy atom. The topological polar surface area (TPSA) is 91.7 Å². The second kappa shape index (κ2) is 11.4. The number of thiophene rings is 1. The van der Waals surface area contributed by atoms with E-state index in [0.29, 0.717) is 28.5 Å². The summed E-state index contributed by atoms with van der Waals surface area (Å²) >= 11 is 1.31. The minimum absolute atomic E-state index is 0.0814. The lowest BCUT2D eigenvalue weighted by atomic mass is 10.0. The molecule has 8 heteroatoms. The number of nitrogens with one attached hydrogen (secondary N) is 2. The van der Waals surface area contributed by atoms with Gasteiger partial charge in [0.05, 0.1) is 11.4 Å². The molecule has 0 unspecified atom stereocenters. The Labute approximate surface area is 209 Å². The molecule has 0 bridgehead atoms. The van der Waals surface area contributed by atoms with Crippen LogP contribution >= 0.6 is 11.3 Å². The Kier molecular flexibility index (Phi) is 8.02. The zero-order valence-electron chi connectivity index (χ0n) is 20.1. The van der Waals surface area contributed by atoms with Crippen molar-refractivity contribution in [2.75, 3.05) is 11.4 Å². The monoisotopic (exact) mass is 493 g/mol. The van der Waals surface area contributed by atoms with Crippen molar-refractivity contribution in [3.63, 3.8) is 0 Å². The Morgan fingerprint density at radius 2 is 1.86 bits per heavy atom. The molecule has 1 atom stereocenters. The van der Waals surface area contributed by atoms with Gasteiger partial charge >= 0.3 is 0 Å². The summed E-state index contributed by atoms with van der Waals surface area (Å²) in [6, 6.07) is 13.6. The van der Waals surface area contributed by atoms with Crippen molar-refractivity contribution in [2.24, 2.45) is 0 Å². The number of amides is 3. The number of aryl methyl sites for hydroxylation is 2. The Morgan fingerprint density at radius 1 is 1.09 bits per heavy atom. The summed E-state index contributed by atoms with van der Waals surface area (Å²) in [4.78, 5) is 42.0. The van der Waals surface area contributed by atoms with Gasteiger partial charge < -0.3 is 15.1 Å². The van der Waals surface area contributed by atoms with Crippen LogP contribution in [0.25, 0.3) is 0 Å². The second-order valence-electron chi connectivity index (χ2n) is 8.75. The number of para-hydroxylation sites is 1. The van der Waals surface area contributed by atoms with Crippen LogP contribution in [-0.2, 0) is 16.0 Å². The minimum Gasteiger partial charge on any atom is -0.464 e. The maximum absolute atomic E-state index is 13.7. The summed E-state index contributed by atoms with van der Waals surface area (Å²) < 4.78 is 5.90. The fraction of sp³-hybridized carbons (Fsp3) is 0.370. The van der Waals surface area contributed by atoms with Crippen molar-refractivity contribution in [3.05, 3.63) is 75.9 Å². The van der Waals surface area contributed by atoms with Crippen LogP contribution in [0, 0.1) is 6.92 Å². The fourth-order valence-corrected chi connectivity index (χ4v) is 5.16. The van der Waals surface area contributed by atoms with Gasteiger partial charge in [-0.05, 0) is 61.4 Å². The molecule has 0 spiro atoms. The van der Waals surface area contributed by atoms with Crippen molar-refractivity contribution >= 4 is 34.7 Å². The normalized spacial score (nSPS) is 14.5. The highest BCUT2D eigenvalue weighted by Crippen LogP contribution is 2.32. The largest absolute Gasteiger partial charge is 0.464 e. The highest BCUT2D eigenvalue weighted by atomic mass is 32.1. The second-order valence-corrected chi connectivity index (χ2v) is 9.69. The summed E-state index contributed by atoms with van der Waals surface area (Å²) in [5.41, 5.74) is 1.55. The van der Waals surface area contributed by atoms with Crippen molar-refractivity contribution in [2.45, 2.75) is 58.0 Å². The van der Waals surface area contributed by atoms with Gasteiger partial charge in [-0.3, -0.25) is 19.3 Å². The molecule has 2 aromatic heterocycles. The molecule has 184 valence electrons. The van der Waals surface area contributed by atoms with Crippen molar-refractivity contribution in [1.82, 2.24) is 10.6 Å². The SMILES string of the molecule is CCc1ccccc1N(C(=O)CNC(=O)c1cccs1)[C@@H](C(=O)NC1CCCC1)c1ccc(C)o1. The van der Waals surface area contributed by atoms with E-state index in [-0.39, 0.29) is 24.4 Å². The van der Waals surface area contributed by atoms with Gasteiger partial charge in [0.15, 0.2) is 6.04 Å². The van der Waals surface area contributed by atoms with Crippen molar-refractivity contribution < 1.29 is 18.8 Å². The lowest BCUT2D eigenvalue weighted by molar-refractivity contribution is -0.127. The third kappa shape index (κ3) is 5.82. The number of carbonyl (C=O) groups is 3. The number of hydrogen-bond acceptors (Lipinski definition) is 5. The number of furan rings is 1. The molecule has 3 aromatic rings. The van der Waals surface area contributed by atoms with E-state index in [1.165, 1.54) is 16.2 Å². The highest BCUT2D eigenvalue weighted by Gasteiger charge is 2.37. The fourth-order valence-electron chi connectivity index (χ4n) is 4.52. The van der Waals surface area contributed by atoms with E-state index in [9.17, 15) is 14.4 Å². The van der Waals surface area contributed by atoms with E-state index in [4.69, 9.17) is 4.42 Å². The van der Waals surface area contributed by atoms with Gasteiger partial charge in [0.1, 0.15) is 11.5 Å². The molecule has 2 heterocycles. The van der Waals surface area contributed by atoms with E-state index < -0.39 is 11.9 Å². The van der Waals surface area contributed by atoms with Gasteiger partial charge in [-0.15, -0.1) is 11.3 Å². The molecule has 1 aliphatic rings. The number of nitrogens with zero attached hydrogens (tertiary/aromatic N) is 1. The first-order valence-corrected chi connectivity index (χ1v) is 12.9. The van der Waals surface area contributed by atoms with Gasteiger partial charge in [0, 0.05) is 11.7 Å². The van der Waals surface area contributed by atoms with E-state index in [2.05, 4.69) is 10.6 Å². The van der Waals surface area contributed by atoms with Crippen molar-refractivity contribution in [3.8, 4) is 0 Å². The standard InChI is InChI=1S/C27H31N3O4S/c1-3-19-9-4-7-12-21(19)30(24(31)17-28-26(32)23-13-8-16-35-23)25(22-15-14-18(2)34-22)27(33)29-20-10-5-6-11-20/h4,7-9,12-16,20,25H,3,5-6,10-11,17H2,1-2H3,(H,28,32)(H,29,33)/t25-/m1/s1. The average Bonchev–Trinajstić information content (AvgIpc) is 3.64. The molecule has 2 N–H and O–H groups in total. The van der Waals surface area contributed by atoms with Gasteiger partial charge in [0.25, 0.3) is 11.8 Å². The number of carbonyl (C=O) groups excluding carboxylic acids is 3. The van der Waals surface area contributed by atoms with Crippen LogP contribution in [0.1, 0.15) is 65.4 Å². The van der Waals surface area contributed by atoms with Gasteiger partial charge in [0.2, 0.25) is 5.91 Å². The van der Waals surface area contributed by atoms with Crippen molar-refractivity contribution in [1.29, 1.82) is 0 Å². The molecule has 1 aromatic carbocycles. The van der Waals surface area contributed by atoms with Crippen LogP contribution in [0.2, 0.25) is 0 Å². The quantitative estimate of drug-likeness (QED) is 0.449. The number of rotatable bonds is 9. The molecular weight excluding hydrogens is 462 g/mol. The predicted molar refractivity (Wildman–Crippen MR) is 137 cm³/mol. The van der Waals surface area contributed by atoms with Gasteiger partial charge in [-0.25, -0.2) is 0 Å². The lowest BCUT2D eigenvalue weighted by Crippen LogP contribution is -2.49. The highest BCUT2D eigenvalue weighted by molar-refractivity contribution is 7.12. The molecule has 7 nitrogen and oxygen atoms in total. The zero-order valence-corrected chi connectivity index (χ0v) is 20.9. The molecule has 0 radical (unpaired) electrons. The van der Waals surface area contributed by atoms with Crippen LogP contribution in [0.15, 0.2) is 58.3 Å². The third-order valence-corrected chi connectivity index (χ3v) is 7.15. The van der Waals surface area contributed by atoms with E-state index in [1.807, 2.05) is 43.5 Å². The molecule has 4 rings (SSSR count). The first-order chi connectivity index (χ1) is 17.0. The molecular formula is C27H31N3O4S. The summed E-state index contributed by atoms with van der Waals surface area (Å²) in [7, 11) is 0. The summed E-state index contributed by atoms with van der Waals surface area (Å²) in [5.74, 6) is 0.0482. The Balaban J connectivity index is 1.70. The molecule has 3 amide bonds. The van der Waals surface area contributed by atoms with Crippen LogP contribution in [0.3, 0.4) is 0 Å². The molecule has 1 aliphatic carbocycles. The zero-order chi connectivity index (χ0) is 24.8. The predicted octanol–water partition coefficient (Wildman–Crippen LogP) is 4.78. The van der Waals surface area contributed by atoms with Crippen LogP contribution in [0.4, 0.5) is 5.69 Å². The average molecular weight is 494 g/mol. The summed E-state index contributed by atoms with van der Waals surface area (Å²) in [5, 5.41) is 7.66. The molecule has 0 saturated heterocycles. The molecule has 35 heavy (non-hydrogen) atoms. The third-order valence-electron chi connectivity index (χ3n) is 6.28. The van der Waals surface area contributed by atoms with Crippen LogP contribution in [-0.4, -0.2) is 30.3 Å². The Bertz CT molecular complexity index is 1160. The van der Waals surface area contributed by atoms with Gasteiger partial charge in [-0.1, -0.05) is 44.0 Å². The minimum atomic E-state index is -0.997. The number of hydrogen-bond donors (Lipinski definition) is 2. The molecule has 1 saturated carbocycles. The number of benzene rings is 1. The Hall–Kier alpha value is -3.39. The first kappa shape index (κ1) is 24.7. The first-order valence-electron chi connectivity index (χ1n) is 12.1. The summed E-state index contributed by atoms with van der Waals surface area (Å²) in [6.07, 6.45) is 4.67. The lowest BCUT2D eigenvalue weighted by Gasteiger charge is -2.32. The maximum atomic E-state index is 13.7. The van der Waals surface area contributed by atoms with E-state index >= 15 is 0 Å². The van der Waals surface area contributed by atoms with Crippen LogP contribution < -0.4 is 15.5 Å².